The minimum absolute atomic E-state index is 0.548. The fourth-order valence-electron chi connectivity index (χ4n) is 3.15. The van der Waals surface area contributed by atoms with Crippen molar-refractivity contribution in [1.29, 1.82) is 0 Å². The quantitative estimate of drug-likeness (QED) is 0.619. The van der Waals surface area contributed by atoms with Crippen LogP contribution in [0, 0.1) is 0 Å². The van der Waals surface area contributed by atoms with Gasteiger partial charge in [0, 0.05) is 32.2 Å². The molecule has 2 rings (SSSR count). The lowest BCUT2D eigenvalue weighted by molar-refractivity contribution is 0.265. The summed E-state index contributed by atoms with van der Waals surface area (Å²) >= 11 is 0. The molecule has 0 aromatic heterocycles. The standard InChI is InChI=1S/C20H34N4/c1-16(2)24(4)15-18-11-9-8-10-17(18)14-22-20(21-3)23-19-12-6-5-7-13-19/h8-11,16,19H,5-7,12-15H2,1-4H3,(H2,21,22,23). The van der Waals surface area contributed by atoms with Crippen LogP contribution in [0.5, 0.6) is 0 Å². The Morgan fingerprint density at radius 3 is 2.46 bits per heavy atom. The molecule has 0 unspecified atom stereocenters. The highest BCUT2D eigenvalue weighted by Gasteiger charge is 2.14. The Hall–Kier alpha value is -1.55. The Morgan fingerprint density at radius 1 is 1.17 bits per heavy atom. The lowest BCUT2D eigenvalue weighted by Crippen LogP contribution is -2.44. The largest absolute Gasteiger partial charge is 0.354 e. The number of aliphatic imine (C=N–C) groups is 1. The van der Waals surface area contributed by atoms with Gasteiger partial charge < -0.3 is 10.6 Å². The lowest BCUT2D eigenvalue weighted by atomic mass is 9.96. The van der Waals surface area contributed by atoms with E-state index in [1.54, 1.807) is 0 Å². The maximum Gasteiger partial charge on any atom is 0.191 e. The topological polar surface area (TPSA) is 39.7 Å². The van der Waals surface area contributed by atoms with E-state index in [-0.39, 0.29) is 0 Å². The molecule has 0 spiro atoms. The fraction of sp³-hybridized carbons (Fsp3) is 0.650. The highest BCUT2D eigenvalue weighted by molar-refractivity contribution is 5.80. The van der Waals surface area contributed by atoms with E-state index in [4.69, 9.17) is 0 Å². The van der Waals surface area contributed by atoms with Crippen molar-refractivity contribution in [3.05, 3.63) is 35.4 Å². The first-order chi connectivity index (χ1) is 11.6. The van der Waals surface area contributed by atoms with Crippen LogP contribution in [-0.4, -0.2) is 37.0 Å². The van der Waals surface area contributed by atoms with E-state index in [0.29, 0.717) is 12.1 Å². The Bertz CT molecular complexity index is 518. The van der Waals surface area contributed by atoms with Crippen LogP contribution >= 0.6 is 0 Å². The van der Waals surface area contributed by atoms with Gasteiger partial charge in [0.05, 0.1) is 0 Å². The smallest absolute Gasteiger partial charge is 0.191 e. The Balaban J connectivity index is 1.92. The number of rotatable bonds is 6. The number of nitrogens with one attached hydrogen (secondary N) is 2. The van der Waals surface area contributed by atoms with Crippen LogP contribution in [0.2, 0.25) is 0 Å². The molecule has 1 fully saturated rings. The monoisotopic (exact) mass is 330 g/mol. The predicted octanol–water partition coefficient (Wildman–Crippen LogP) is 3.52. The van der Waals surface area contributed by atoms with Crippen LogP contribution < -0.4 is 10.6 Å². The average molecular weight is 331 g/mol. The van der Waals surface area contributed by atoms with Gasteiger partial charge in [0.25, 0.3) is 0 Å². The van der Waals surface area contributed by atoms with Crippen LogP contribution in [0.1, 0.15) is 57.1 Å². The van der Waals surface area contributed by atoms with Crippen LogP contribution in [0.4, 0.5) is 0 Å². The van der Waals surface area contributed by atoms with Gasteiger partial charge in [-0.05, 0) is 44.9 Å². The van der Waals surface area contributed by atoms with Crippen molar-refractivity contribution >= 4 is 5.96 Å². The molecule has 1 aromatic rings. The third-order valence-corrected chi connectivity index (χ3v) is 5.04. The predicted molar refractivity (Wildman–Crippen MR) is 103 cm³/mol. The second-order valence-corrected chi connectivity index (χ2v) is 7.18. The Kier molecular flexibility index (Phi) is 7.57. The molecule has 1 aliphatic carbocycles. The molecule has 134 valence electrons. The van der Waals surface area contributed by atoms with Crippen LogP contribution in [0.25, 0.3) is 0 Å². The highest BCUT2D eigenvalue weighted by atomic mass is 15.2. The first-order valence-electron chi connectivity index (χ1n) is 9.34. The minimum Gasteiger partial charge on any atom is -0.354 e. The van der Waals surface area contributed by atoms with Gasteiger partial charge in [-0.25, -0.2) is 0 Å². The number of guanidine groups is 1. The van der Waals surface area contributed by atoms with Gasteiger partial charge in [0.1, 0.15) is 0 Å². The Morgan fingerprint density at radius 2 is 1.83 bits per heavy atom. The number of nitrogens with zero attached hydrogens (tertiary/aromatic N) is 2. The molecule has 0 saturated heterocycles. The van der Waals surface area contributed by atoms with Crippen LogP contribution in [0.3, 0.4) is 0 Å². The zero-order chi connectivity index (χ0) is 17.4. The Labute approximate surface area is 147 Å². The van der Waals surface area contributed by atoms with Crippen molar-refractivity contribution in [1.82, 2.24) is 15.5 Å². The van der Waals surface area contributed by atoms with Gasteiger partial charge in [0.15, 0.2) is 5.96 Å². The highest BCUT2D eigenvalue weighted by Crippen LogP contribution is 2.17. The zero-order valence-corrected chi connectivity index (χ0v) is 15.8. The molecule has 1 aliphatic rings. The first-order valence-corrected chi connectivity index (χ1v) is 9.34. The van der Waals surface area contributed by atoms with E-state index >= 15 is 0 Å². The second kappa shape index (κ2) is 9.67. The van der Waals surface area contributed by atoms with E-state index in [9.17, 15) is 0 Å². The molecule has 0 amide bonds. The maximum absolute atomic E-state index is 4.40. The third kappa shape index (κ3) is 5.82. The number of hydrogen-bond acceptors (Lipinski definition) is 2. The first kappa shape index (κ1) is 18.8. The third-order valence-electron chi connectivity index (χ3n) is 5.04. The molecule has 1 aromatic carbocycles. The summed E-state index contributed by atoms with van der Waals surface area (Å²) in [4.78, 5) is 6.77. The summed E-state index contributed by atoms with van der Waals surface area (Å²) in [7, 11) is 4.04. The summed E-state index contributed by atoms with van der Waals surface area (Å²) < 4.78 is 0. The molecular weight excluding hydrogens is 296 g/mol. The summed E-state index contributed by atoms with van der Waals surface area (Å²) in [5, 5.41) is 7.08. The summed E-state index contributed by atoms with van der Waals surface area (Å²) in [5.74, 6) is 0.925. The summed E-state index contributed by atoms with van der Waals surface area (Å²) in [6.45, 7) is 6.26. The second-order valence-electron chi connectivity index (χ2n) is 7.18. The van der Waals surface area contributed by atoms with E-state index in [1.165, 1.54) is 43.2 Å². The molecule has 0 heterocycles. The van der Waals surface area contributed by atoms with Gasteiger partial charge in [0.2, 0.25) is 0 Å². The molecule has 4 heteroatoms. The summed E-state index contributed by atoms with van der Waals surface area (Å²) in [5.41, 5.74) is 2.73. The molecule has 1 saturated carbocycles. The molecule has 24 heavy (non-hydrogen) atoms. The SMILES string of the molecule is CN=C(NCc1ccccc1CN(C)C(C)C)NC1CCCCC1. The zero-order valence-electron chi connectivity index (χ0n) is 15.8. The number of benzene rings is 1. The molecule has 0 aliphatic heterocycles. The van der Waals surface area contributed by atoms with Crippen molar-refractivity contribution < 1.29 is 0 Å². The number of hydrogen-bond donors (Lipinski definition) is 2. The molecule has 2 N–H and O–H groups in total. The van der Waals surface area contributed by atoms with E-state index < -0.39 is 0 Å². The van der Waals surface area contributed by atoms with Crippen molar-refractivity contribution in [2.24, 2.45) is 4.99 Å². The summed E-state index contributed by atoms with van der Waals surface area (Å²) in [6.07, 6.45) is 6.56. The van der Waals surface area contributed by atoms with E-state index in [2.05, 4.69) is 65.7 Å². The van der Waals surface area contributed by atoms with Gasteiger partial charge >= 0.3 is 0 Å². The fourth-order valence-corrected chi connectivity index (χ4v) is 3.15. The molecule has 4 nitrogen and oxygen atoms in total. The molecular formula is C20H34N4. The minimum atomic E-state index is 0.548. The van der Waals surface area contributed by atoms with Gasteiger partial charge in [-0.3, -0.25) is 9.89 Å². The maximum atomic E-state index is 4.40. The van der Waals surface area contributed by atoms with Crippen molar-refractivity contribution in [2.45, 2.75) is 71.1 Å². The van der Waals surface area contributed by atoms with Gasteiger partial charge in [-0.2, -0.15) is 0 Å². The molecule has 0 atom stereocenters. The van der Waals surface area contributed by atoms with Crippen molar-refractivity contribution in [3.63, 3.8) is 0 Å². The van der Waals surface area contributed by atoms with E-state index in [0.717, 1.165) is 19.0 Å². The van der Waals surface area contributed by atoms with Crippen LogP contribution in [0.15, 0.2) is 29.3 Å². The normalized spacial score (nSPS) is 16.7. The molecule has 0 radical (unpaired) electrons. The van der Waals surface area contributed by atoms with Crippen LogP contribution in [-0.2, 0) is 13.1 Å². The van der Waals surface area contributed by atoms with E-state index in [1.807, 2.05) is 7.05 Å². The molecule has 0 bridgehead atoms. The average Bonchev–Trinajstić information content (AvgIpc) is 2.60. The summed E-state index contributed by atoms with van der Waals surface area (Å²) in [6, 6.07) is 9.81. The van der Waals surface area contributed by atoms with Crippen molar-refractivity contribution in [2.75, 3.05) is 14.1 Å². The lowest BCUT2D eigenvalue weighted by Gasteiger charge is -2.25. The van der Waals surface area contributed by atoms with Crippen molar-refractivity contribution in [3.8, 4) is 0 Å². The van der Waals surface area contributed by atoms with Gasteiger partial charge in [-0.1, -0.05) is 43.5 Å². The van der Waals surface area contributed by atoms with Gasteiger partial charge in [-0.15, -0.1) is 0 Å².